The third kappa shape index (κ3) is 6.23. The van der Waals surface area contributed by atoms with Gasteiger partial charge in [0.05, 0.1) is 6.61 Å². The van der Waals surface area contributed by atoms with Crippen molar-refractivity contribution in [3.8, 4) is 0 Å². The number of nitrogens with one attached hydrogen (secondary N) is 2. The minimum Gasteiger partial charge on any atom is -0.385 e. The molecule has 1 unspecified atom stereocenters. The number of carbonyl (C=O) groups is 1. The first-order chi connectivity index (χ1) is 8.76. The summed E-state index contributed by atoms with van der Waals surface area (Å²) in [6, 6.07) is 0.394. The molecule has 1 saturated heterocycles. The van der Waals surface area contributed by atoms with E-state index >= 15 is 0 Å². The molecule has 1 amide bonds. The van der Waals surface area contributed by atoms with Crippen molar-refractivity contribution >= 4 is 22.8 Å². The van der Waals surface area contributed by atoms with E-state index in [1.54, 1.807) is 26.0 Å². The van der Waals surface area contributed by atoms with Gasteiger partial charge in [0.15, 0.2) is 5.17 Å². The van der Waals surface area contributed by atoms with Crippen LogP contribution in [0.2, 0.25) is 0 Å². The van der Waals surface area contributed by atoms with Gasteiger partial charge < -0.3 is 20.1 Å². The molecule has 0 saturated carbocycles. The number of aliphatic imine (C=N–C) groups is 1. The molecule has 0 aromatic rings. The lowest BCUT2D eigenvalue weighted by atomic mass is 10.2. The number of amidine groups is 1. The topological polar surface area (TPSA) is 72.0 Å². The number of hydrogen-bond acceptors (Lipinski definition) is 5. The lowest BCUT2D eigenvalue weighted by Gasteiger charge is -2.08. The van der Waals surface area contributed by atoms with Crippen LogP contribution in [0.5, 0.6) is 0 Å². The monoisotopic (exact) mass is 275 g/mol. The van der Waals surface area contributed by atoms with E-state index in [0.29, 0.717) is 19.2 Å². The molecule has 0 spiro atoms. The van der Waals surface area contributed by atoms with E-state index in [9.17, 15) is 4.79 Å². The molecule has 1 atom stereocenters. The Morgan fingerprint density at radius 2 is 2.28 bits per heavy atom. The van der Waals surface area contributed by atoms with Gasteiger partial charge in [-0.05, 0) is 6.42 Å². The highest BCUT2D eigenvalue weighted by atomic mass is 32.2. The number of rotatable bonds is 8. The van der Waals surface area contributed by atoms with Crippen LogP contribution in [-0.4, -0.2) is 63.4 Å². The first kappa shape index (κ1) is 15.3. The molecule has 0 aromatic heterocycles. The Balaban J connectivity index is 2.17. The highest BCUT2D eigenvalue weighted by molar-refractivity contribution is 8.14. The Morgan fingerprint density at radius 3 is 3.00 bits per heavy atom. The maximum atomic E-state index is 11.4. The van der Waals surface area contributed by atoms with Gasteiger partial charge in [0.1, 0.15) is 6.54 Å². The number of nitrogens with zero attached hydrogens (tertiary/aromatic N) is 1. The number of carbonyl (C=O) groups excluding carboxylic acids is 1. The van der Waals surface area contributed by atoms with Crippen molar-refractivity contribution in [2.45, 2.75) is 12.5 Å². The summed E-state index contributed by atoms with van der Waals surface area (Å²) in [6.07, 6.45) is 0.961. The lowest BCUT2D eigenvalue weighted by Crippen LogP contribution is -2.31. The van der Waals surface area contributed by atoms with Gasteiger partial charge in [-0.1, -0.05) is 11.8 Å². The highest BCUT2D eigenvalue weighted by Gasteiger charge is 2.19. The number of methoxy groups -OCH3 is 2. The molecule has 0 bridgehead atoms. The maximum absolute atomic E-state index is 11.4. The molecule has 0 aliphatic carbocycles. The van der Waals surface area contributed by atoms with Crippen LogP contribution in [0, 0.1) is 0 Å². The minimum absolute atomic E-state index is 0.0812. The maximum Gasteiger partial charge on any atom is 0.241 e. The van der Waals surface area contributed by atoms with E-state index in [1.165, 1.54) is 0 Å². The minimum atomic E-state index is -0.0812. The summed E-state index contributed by atoms with van der Waals surface area (Å²) in [5, 5.41) is 6.85. The van der Waals surface area contributed by atoms with E-state index in [4.69, 9.17) is 9.47 Å². The summed E-state index contributed by atoms with van der Waals surface area (Å²) >= 11 is 1.65. The smallest absolute Gasteiger partial charge is 0.241 e. The summed E-state index contributed by atoms with van der Waals surface area (Å²) in [7, 11) is 3.30. The molecule has 0 radical (unpaired) electrons. The normalized spacial score (nSPS) is 21.0. The molecule has 104 valence electrons. The number of hydrogen-bond donors (Lipinski definition) is 2. The van der Waals surface area contributed by atoms with Gasteiger partial charge in [-0.15, -0.1) is 0 Å². The van der Waals surface area contributed by atoms with E-state index in [-0.39, 0.29) is 12.5 Å². The Kier molecular flexibility index (Phi) is 7.79. The van der Waals surface area contributed by atoms with Crippen LogP contribution in [0.4, 0.5) is 0 Å². The van der Waals surface area contributed by atoms with Crippen molar-refractivity contribution in [1.82, 2.24) is 10.6 Å². The third-order valence-electron chi connectivity index (χ3n) is 2.41. The van der Waals surface area contributed by atoms with Gasteiger partial charge in [0, 0.05) is 39.2 Å². The zero-order valence-corrected chi connectivity index (χ0v) is 11.7. The number of ether oxygens (including phenoxy) is 2. The van der Waals surface area contributed by atoms with Crippen molar-refractivity contribution in [2.24, 2.45) is 4.99 Å². The molecule has 6 nitrogen and oxygen atoms in total. The van der Waals surface area contributed by atoms with Gasteiger partial charge in [-0.3, -0.25) is 9.79 Å². The predicted octanol–water partition coefficient (Wildman–Crippen LogP) is -0.153. The summed E-state index contributed by atoms with van der Waals surface area (Å²) in [5.74, 6) is 0.898. The van der Waals surface area contributed by atoms with Crippen LogP contribution >= 0.6 is 11.8 Å². The van der Waals surface area contributed by atoms with Crippen molar-refractivity contribution < 1.29 is 14.3 Å². The predicted molar refractivity (Wildman–Crippen MR) is 73.1 cm³/mol. The highest BCUT2D eigenvalue weighted by Crippen LogP contribution is 2.15. The molecule has 7 heteroatoms. The summed E-state index contributed by atoms with van der Waals surface area (Å²) in [6.45, 7) is 1.95. The molecular formula is C11H21N3O3S. The number of thioether (sulfide) groups is 1. The summed E-state index contributed by atoms with van der Waals surface area (Å²) < 4.78 is 9.87. The molecule has 1 aliphatic rings. The largest absolute Gasteiger partial charge is 0.385 e. The first-order valence-corrected chi connectivity index (χ1v) is 6.93. The first-order valence-electron chi connectivity index (χ1n) is 5.94. The average molecular weight is 275 g/mol. The van der Waals surface area contributed by atoms with Crippen LogP contribution in [0.15, 0.2) is 4.99 Å². The Labute approximate surface area is 112 Å². The fraction of sp³-hybridized carbons (Fsp3) is 0.818. The van der Waals surface area contributed by atoms with Gasteiger partial charge in [0.25, 0.3) is 0 Å². The van der Waals surface area contributed by atoms with Crippen LogP contribution in [0.1, 0.15) is 6.42 Å². The van der Waals surface area contributed by atoms with Crippen LogP contribution in [0.3, 0.4) is 0 Å². The zero-order chi connectivity index (χ0) is 13.2. The third-order valence-corrected chi connectivity index (χ3v) is 3.50. The Bertz CT molecular complexity index is 287. The standard InChI is InChI=1S/C11H21N3O3S/c1-16-5-3-9-8-18-11(14-9)13-7-10(15)12-4-6-17-2/h9H,3-8H2,1-2H3,(H,12,15)(H,13,14). The molecule has 1 heterocycles. The molecule has 2 N–H and O–H groups in total. The molecule has 18 heavy (non-hydrogen) atoms. The van der Waals surface area contributed by atoms with Crippen LogP contribution < -0.4 is 10.6 Å². The van der Waals surface area contributed by atoms with Crippen molar-refractivity contribution in [3.63, 3.8) is 0 Å². The van der Waals surface area contributed by atoms with E-state index < -0.39 is 0 Å². The average Bonchev–Trinajstić information content (AvgIpc) is 2.82. The lowest BCUT2D eigenvalue weighted by molar-refractivity contribution is -0.119. The molecular weight excluding hydrogens is 254 g/mol. The fourth-order valence-electron chi connectivity index (χ4n) is 1.44. The second-order valence-electron chi connectivity index (χ2n) is 3.90. The van der Waals surface area contributed by atoms with E-state index in [2.05, 4.69) is 15.6 Å². The zero-order valence-electron chi connectivity index (χ0n) is 10.9. The second kappa shape index (κ2) is 9.18. The van der Waals surface area contributed by atoms with Crippen LogP contribution in [-0.2, 0) is 14.3 Å². The SMILES string of the molecule is COCCNC(=O)CN=C1NC(CCOC)CS1. The molecule has 0 aromatic carbocycles. The van der Waals surface area contributed by atoms with Gasteiger partial charge >= 0.3 is 0 Å². The number of amides is 1. The fourth-order valence-corrected chi connectivity index (χ4v) is 2.45. The van der Waals surface area contributed by atoms with Crippen molar-refractivity contribution in [3.05, 3.63) is 0 Å². The Hall–Kier alpha value is -0.790. The molecule has 1 rings (SSSR count). The molecule has 1 aliphatic heterocycles. The molecule has 1 fully saturated rings. The van der Waals surface area contributed by atoms with Crippen molar-refractivity contribution in [2.75, 3.05) is 46.3 Å². The van der Waals surface area contributed by atoms with Gasteiger partial charge in [-0.25, -0.2) is 0 Å². The van der Waals surface area contributed by atoms with E-state index in [0.717, 1.165) is 23.9 Å². The van der Waals surface area contributed by atoms with Gasteiger partial charge in [0.2, 0.25) is 5.91 Å². The second-order valence-corrected chi connectivity index (χ2v) is 4.91. The summed E-state index contributed by atoms with van der Waals surface area (Å²) in [4.78, 5) is 15.6. The van der Waals surface area contributed by atoms with E-state index in [1.807, 2.05) is 0 Å². The van der Waals surface area contributed by atoms with Crippen LogP contribution in [0.25, 0.3) is 0 Å². The van der Waals surface area contributed by atoms with Crippen molar-refractivity contribution in [1.29, 1.82) is 0 Å². The Morgan fingerprint density at radius 1 is 1.50 bits per heavy atom. The quantitative estimate of drug-likeness (QED) is 0.603. The van der Waals surface area contributed by atoms with Gasteiger partial charge in [-0.2, -0.15) is 0 Å². The summed E-state index contributed by atoms with van der Waals surface area (Å²) in [5.41, 5.74) is 0.